The molecule has 1 atom stereocenters. The lowest BCUT2D eigenvalue weighted by Gasteiger charge is -2.13. The Morgan fingerprint density at radius 2 is 1.85 bits per heavy atom. The molecule has 0 radical (unpaired) electrons. The summed E-state index contributed by atoms with van der Waals surface area (Å²) < 4.78 is 31.2. The third-order valence-electron chi connectivity index (χ3n) is 2.99. The molecular weight excluding hydrogens is 362 g/mol. The summed E-state index contributed by atoms with van der Waals surface area (Å²) in [6.45, 7) is 5.73. The fourth-order valence-corrected chi connectivity index (χ4v) is 2.74. The number of amides is 2. The van der Waals surface area contributed by atoms with Crippen molar-refractivity contribution in [3.8, 4) is 0 Å². The number of hydrogen-bond donors (Lipinski definition) is 3. The van der Waals surface area contributed by atoms with Gasteiger partial charge in [-0.3, -0.25) is 14.4 Å². The second kappa shape index (κ2) is 9.68. The first kappa shape index (κ1) is 21.3. The van der Waals surface area contributed by atoms with Gasteiger partial charge in [-0.15, -0.1) is 6.58 Å². The molecule has 0 heterocycles. The first-order chi connectivity index (χ1) is 12.2. The molecule has 0 fully saturated rings. The molecule has 0 unspecified atom stereocenters. The predicted molar refractivity (Wildman–Crippen MR) is 94.7 cm³/mol. The standard InChI is InChI=1S/C16H21N3O6S/c1-4-9-17-16(22)11(2)25-15(21)10-18-26(23,24)14-7-5-13(6-8-14)19-12(3)20/h4-8,11,18H,1,9-10H2,2-3H3,(H,17,22)(H,19,20)/t11-/m1/s1. The van der Waals surface area contributed by atoms with Crippen molar-refractivity contribution in [2.45, 2.75) is 24.8 Å². The van der Waals surface area contributed by atoms with Crippen LogP contribution in [0.25, 0.3) is 0 Å². The fourth-order valence-electron chi connectivity index (χ4n) is 1.77. The van der Waals surface area contributed by atoms with Crippen LogP contribution in [0.4, 0.5) is 5.69 Å². The summed E-state index contributed by atoms with van der Waals surface area (Å²) in [7, 11) is -3.95. The lowest BCUT2D eigenvalue weighted by Crippen LogP contribution is -2.38. The van der Waals surface area contributed by atoms with E-state index in [2.05, 4.69) is 21.9 Å². The van der Waals surface area contributed by atoms with Gasteiger partial charge in [-0.05, 0) is 31.2 Å². The summed E-state index contributed by atoms with van der Waals surface area (Å²) in [6.07, 6.45) is 0.404. The minimum atomic E-state index is -3.95. The Morgan fingerprint density at radius 3 is 2.38 bits per heavy atom. The molecule has 142 valence electrons. The third-order valence-corrected chi connectivity index (χ3v) is 4.41. The highest BCUT2D eigenvalue weighted by Crippen LogP contribution is 2.13. The molecule has 9 nitrogen and oxygen atoms in total. The van der Waals surface area contributed by atoms with E-state index in [4.69, 9.17) is 4.74 Å². The molecule has 1 rings (SSSR count). The van der Waals surface area contributed by atoms with E-state index in [0.717, 1.165) is 0 Å². The van der Waals surface area contributed by atoms with Crippen molar-refractivity contribution in [2.75, 3.05) is 18.4 Å². The highest BCUT2D eigenvalue weighted by Gasteiger charge is 2.20. The molecule has 0 aliphatic carbocycles. The number of carbonyl (C=O) groups excluding carboxylic acids is 3. The third kappa shape index (κ3) is 7.03. The van der Waals surface area contributed by atoms with Gasteiger partial charge in [0.05, 0.1) is 4.90 Å². The molecule has 3 N–H and O–H groups in total. The predicted octanol–water partition coefficient (Wildman–Crippen LogP) is 0.157. The minimum Gasteiger partial charge on any atom is -0.452 e. The van der Waals surface area contributed by atoms with Crippen LogP contribution in [-0.2, 0) is 29.1 Å². The molecule has 26 heavy (non-hydrogen) atoms. The van der Waals surface area contributed by atoms with Gasteiger partial charge in [0.1, 0.15) is 6.54 Å². The summed E-state index contributed by atoms with van der Waals surface area (Å²) in [5.74, 6) is -1.70. The van der Waals surface area contributed by atoms with Gasteiger partial charge in [0.15, 0.2) is 6.10 Å². The topological polar surface area (TPSA) is 131 Å². The maximum atomic E-state index is 12.1. The van der Waals surface area contributed by atoms with Crippen LogP contribution in [0.15, 0.2) is 41.8 Å². The monoisotopic (exact) mass is 383 g/mol. The van der Waals surface area contributed by atoms with Gasteiger partial charge in [0.25, 0.3) is 5.91 Å². The number of anilines is 1. The van der Waals surface area contributed by atoms with Crippen LogP contribution in [0.5, 0.6) is 0 Å². The second-order valence-corrected chi connectivity index (χ2v) is 6.96. The van der Waals surface area contributed by atoms with Gasteiger partial charge in [-0.25, -0.2) is 8.42 Å². The minimum absolute atomic E-state index is 0.0869. The average Bonchev–Trinajstić information content (AvgIpc) is 2.57. The van der Waals surface area contributed by atoms with Crippen molar-refractivity contribution in [1.29, 1.82) is 0 Å². The molecule has 0 aliphatic heterocycles. The Morgan fingerprint density at radius 1 is 1.23 bits per heavy atom. The van der Waals surface area contributed by atoms with Crippen LogP contribution in [0.2, 0.25) is 0 Å². The molecule has 2 amide bonds. The van der Waals surface area contributed by atoms with Gasteiger partial charge < -0.3 is 15.4 Å². The average molecular weight is 383 g/mol. The van der Waals surface area contributed by atoms with E-state index in [9.17, 15) is 22.8 Å². The summed E-state index contributed by atoms with van der Waals surface area (Å²) in [5, 5.41) is 4.96. The normalized spacial score (nSPS) is 11.9. The van der Waals surface area contributed by atoms with E-state index in [1.54, 1.807) is 0 Å². The molecule has 0 aliphatic rings. The van der Waals surface area contributed by atoms with Crippen LogP contribution in [0, 0.1) is 0 Å². The summed E-state index contributed by atoms with van der Waals surface area (Å²) in [5.41, 5.74) is 0.440. The maximum Gasteiger partial charge on any atom is 0.321 e. The Bertz CT molecular complexity index is 774. The number of hydrogen-bond acceptors (Lipinski definition) is 6. The van der Waals surface area contributed by atoms with E-state index in [-0.39, 0.29) is 17.3 Å². The van der Waals surface area contributed by atoms with Crippen molar-refractivity contribution in [3.63, 3.8) is 0 Å². The van der Waals surface area contributed by atoms with Crippen molar-refractivity contribution in [3.05, 3.63) is 36.9 Å². The van der Waals surface area contributed by atoms with Crippen molar-refractivity contribution < 1.29 is 27.5 Å². The number of carbonyl (C=O) groups is 3. The van der Waals surface area contributed by atoms with Crippen LogP contribution in [0.1, 0.15) is 13.8 Å². The molecule has 0 bridgehead atoms. The van der Waals surface area contributed by atoms with Crippen LogP contribution < -0.4 is 15.4 Å². The highest BCUT2D eigenvalue weighted by atomic mass is 32.2. The zero-order valence-corrected chi connectivity index (χ0v) is 15.3. The zero-order chi connectivity index (χ0) is 19.7. The number of rotatable bonds is 9. The zero-order valence-electron chi connectivity index (χ0n) is 14.4. The van der Waals surface area contributed by atoms with Gasteiger partial charge in [-0.1, -0.05) is 6.08 Å². The number of benzene rings is 1. The van der Waals surface area contributed by atoms with E-state index >= 15 is 0 Å². The molecule has 0 aromatic heterocycles. The van der Waals surface area contributed by atoms with E-state index in [1.165, 1.54) is 44.2 Å². The van der Waals surface area contributed by atoms with Gasteiger partial charge in [-0.2, -0.15) is 4.72 Å². The van der Waals surface area contributed by atoms with Crippen LogP contribution >= 0.6 is 0 Å². The summed E-state index contributed by atoms with van der Waals surface area (Å²) in [6, 6.07) is 5.40. The molecule has 1 aromatic carbocycles. The summed E-state index contributed by atoms with van der Waals surface area (Å²) in [4.78, 5) is 34.1. The fraction of sp³-hybridized carbons (Fsp3) is 0.312. The van der Waals surface area contributed by atoms with Gasteiger partial charge in [0.2, 0.25) is 15.9 Å². The summed E-state index contributed by atoms with van der Waals surface area (Å²) >= 11 is 0. The Hall–Kier alpha value is -2.72. The molecule has 10 heteroatoms. The number of ether oxygens (including phenoxy) is 1. The lowest BCUT2D eigenvalue weighted by molar-refractivity contribution is -0.153. The van der Waals surface area contributed by atoms with Crippen LogP contribution in [-0.4, -0.2) is 45.4 Å². The number of sulfonamides is 1. The van der Waals surface area contributed by atoms with Crippen molar-refractivity contribution >= 4 is 33.5 Å². The van der Waals surface area contributed by atoms with Gasteiger partial charge >= 0.3 is 5.97 Å². The van der Waals surface area contributed by atoms with E-state index in [0.29, 0.717) is 5.69 Å². The van der Waals surface area contributed by atoms with E-state index < -0.39 is 34.5 Å². The molecule has 1 aromatic rings. The quantitative estimate of drug-likeness (QED) is 0.411. The van der Waals surface area contributed by atoms with Gasteiger partial charge in [0, 0.05) is 19.2 Å². The smallest absolute Gasteiger partial charge is 0.321 e. The highest BCUT2D eigenvalue weighted by molar-refractivity contribution is 7.89. The van der Waals surface area contributed by atoms with Crippen molar-refractivity contribution in [2.24, 2.45) is 0 Å². The van der Waals surface area contributed by atoms with Crippen molar-refractivity contribution in [1.82, 2.24) is 10.0 Å². The first-order valence-electron chi connectivity index (χ1n) is 7.61. The lowest BCUT2D eigenvalue weighted by atomic mass is 10.3. The number of esters is 1. The molecule has 0 spiro atoms. The molecule has 0 saturated carbocycles. The number of nitrogens with one attached hydrogen (secondary N) is 3. The van der Waals surface area contributed by atoms with E-state index in [1.807, 2.05) is 0 Å². The largest absolute Gasteiger partial charge is 0.452 e. The molecule has 0 saturated heterocycles. The van der Waals surface area contributed by atoms with Crippen LogP contribution in [0.3, 0.4) is 0 Å². The first-order valence-corrected chi connectivity index (χ1v) is 9.09. The Labute approximate surface area is 151 Å². The maximum absolute atomic E-state index is 12.1. The SMILES string of the molecule is C=CCNC(=O)[C@@H](C)OC(=O)CNS(=O)(=O)c1ccc(NC(C)=O)cc1. The second-order valence-electron chi connectivity index (χ2n) is 5.20. The Kier molecular flexibility index (Phi) is 7.94. The molecular formula is C16H21N3O6S. The Balaban J connectivity index is 2.59.